The Morgan fingerprint density at radius 1 is 1.33 bits per heavy atom. The number of likely N-dealkylation sites (tertiary alicyclic amines) is 1. The zero-order valence-electron chi connectivity index (χ0n) is 14.5. The highest BCUT2D eigenvalue weighted by molar-refractivity contribution is 5.75. The second-order valence-corrected chi connectivity index (χ2v) is 7.60. The summed E-state index contributed by atoms with van der Waals surface area (Å²) in [6, 6.07) is 0.182. The SMILES string of the molecule is CC(C)c1n[nH]c(C2CCCCN2C(=O)N[C@@H]2C[C@H]3CC[C@@H]2O3)n1. The molecule has 1 unspecified atom stereocenters. The van der Waals surface area contributed by atoms with Gasteiger partial charge in [-0.2, -0.15) is 5.10 Å². The molecule has 7 heteroatoms. The van der Waals surface area contributed by atoms with Gasteiger partial charge in [0.25, 0.3) is 0 Å². The molecule has 3 fully saturated rings. The van der Waals surface area contributed by atoms with E-state index < -0.39 is 0 Å². The standard InChI is InChI=1S/C17H27N5O2/c1-10(2)15-19-16(21-20-15)13-5-3-4-8-22(13)17(23)18-12-9-11-6-7-14(12)24-11/h10-14H,3-9H2,1-2H3,(H,18,23)(H,19,20,21)/t11-,12-,13?,14+/m1/s1. The van der Waals surface area contributed by atoms with Gasteiger partial charge in [-0.25, -0.2) is 9.78 Å². The zero-order valence-corrected chi connectivity index (χ0v) is 14.5. The van der Waals surface area contributed by atoms with E-state index in [-0.39, 0.29) is 30.1 Å². The quantitative estimate of drug-likeness (QED) is 0.890. The Balaban J connectivity index is 1.45. The molecule has 0 saturated carbocycles. The number of amides is 2. The molecular formula is C17H27N5O2. The molecule has 2 N–H and O–H groups in total. The van der Waals surface area contributed by atoms with E-state index in [1.54, 1.807) is 0 Å². The van der Waals surface area contributed by atoms with Crippen LogP contribution in [-0.4, -0.2) is 50.9 Å². The van der Waals surface area contributed by atoms with E-state index in [0.29, 0.717) is 6.10 Å². The summed E-state index contributed by atoms with van der Waals surface area (Å²) in [6.45, 7) is 4.93. The van der Waals surface area contributed by atoms with Crippen LogP contribution in [0.2, 0.25) is 0 Å². The molecule has 7 nitrogen and oxygen atoms in total. The molecule has 132 valence electrons. The average molecular weight is 333 g/mol. The van der Waals surface area contributed by atoms with Gasteiger partial charge >= 0.3 is 6.03 Å². The minimum atomic E-state index is -0.00161. The predicted octanol–water partition coefficient (Wildman–Crippen LogP) is 2.48. The normalized spacial score (nSPS) is 32.5. The highest BCUT2D eigenvalue weighted by Crippen LogP contribution is 2.35. The number of fused-ring (bicyclic) bond motifs is 2. The first kappa shape index (κ1) is 15.9. The van der Waals surface area contributed by atoms with Crippen LogP contribution >= 0.6 is 0 Å². The topological polar surface area (TPSA) is 83.1 Å². The first-order valence-corrected chi connectivity index (χ1v) is 9.26. The number of carbonyl (C=O) groups excluding carboxylic acids is 1. The molecular weight excluding hydrogens is 306 g/mol. The fraction of sp³-hybridized carbons (Fsp3) is 0.824. The van der Waals surface area contributed by atoms with Crippen LogP contribution in [0.15, 0.2) is 0 Å². The molecule has 3 aliphatic heterocycles. The summed E-state index contributed by atoms with van der Waals surface area (Å²) in [6.07, 6.45) is 6.81. The van der Waals surface area contributed by atoms with E-state index in [2.05, 4.69) is 34.3 Å². The van der Waals surface area contributed by atoms with Crippen molar-refractivity contribution in [2.75, 3.05) is 6.54 Å². The van der Waals surface area contributed by atoms with Crippen LogP contribution in [0.3, 0.4) is 0 Å². The van der Waals surface area contributed by atoms with Crippen LogP contribution in [-0.2, 0) is 4.74 Å². The number of H-pyrrole nitrogens is 1. The zero-order chi connectivity index (χ0) is 16.7. The minimum Gasteiger partial charge on any atom is -0.373 e. The van der Waals surface area contributed by atoms with Gasteiger partial charge in [-0.1, -0.05) is 13.8 Å². The molecule has 3 aliphatic rings. The number of rotatable bonds is 3. The number of aromatic nitrogens is 3. The molecule has 24 heavy (non-hydrogen) atoms. The van der Waals surface area contributed by atoms with Crippen LogP contribution in [0.4, 0.5) is 4.79 Å². The summed E-state index contributed by atoms with van der Waals surface area (Å²) < 4.78 is 5.85. The highest BCUT2D eigenvalue weighted by Gasteiger charge is 2.42. The van der Waals surface area contributed by atoms with E-state index in [0.717, 1.165) is 56.7 Å². The Bertz CT molecular complexity index is 602. The Hall–Kier alpha value is -1.63. The van der Waals surface area contributed by atoms with Crippen molar-refractivity contribution >= 4 is 6.03 Å². The third-order valence-corrected chi connectivity index (χ3v) is 5.53. The highest BCUT2D eigenvalue weighted by atomic mass is 16.5. The number of hydrogen-bond donors (Lipinski definition) is 2. The largest absolute Gasteiger partial charge is 0.373 e. The summed E-state index contributed by atoms with van der Waals surface area (Å²) >= 11 is 0. The van der Waals surface area contributed by atoms with Gasteiger partial charge < -0.3 is 15.0 Å². The van der Waals surface area contributed by atoms with Gasteiger partial charge in [0.05, 0.1) is 24.3 Å². The van der Waals surface area contributed by atoms with Crippen LogP contribution < -0.4 is 5.32 Å². The molecule has 4 heterocycles. The number of nitrogens with zero attached hydrogens (tertiary/aromatic N) is 3. The molecule has 3 saturated heterocycles. The molecule has 2 amide bonds. The smallest absolute Gasteiger partial charge is 0.318 e. The first-order chi connectivity index (χ1) is 11.6. The summed E-state index contributed by atoms with van der Waals surface area (Å²) in [4.78, 5) is 19.4. The molecule has 4 rings (SSSR count). The van der Waals surface area contributed by atoms with Crippen LogP contribution in [0, 0.1) is 0 Å². The number of piperidine rings is 1. The molecule has 0 aliphatic carbocycles. The summed E-state index contributed by atoms with van der Waals surface area (Å²) in [5.41, 5.74) is 0. The van der Waals surface area contributed by atoms with E-state index in [1.165, 1.54) is 0 Å². The van der Waals surface area contributed by atoms with Crippen molar-refractivity contribution < 1.29 is 9.53 Å². The maximum Gasteiger partial charge on any atom is 0.318 e. The maximum atomic E-state index is 12.9. The van der Waals surface area contributed by atoms with Crippen molar-refractivity contribution in [2.24, 2.45) is 0 Å². The van der Waals surface area contributed by atoms with Gasteiger partial charge in [-0.05, 0) is 38.5 Å². The van der Waals surface area contributed by atoms with Gasteiger partial charge in [0.1, 0.15) is 5.82 Å². The number of aromatic amines is 1. The van der Waals surface area contributed by atoms with Crippen LogP contribution in [0.5, 0.6) is 0 Å². The second-order valence-electron chi connectivity index (χ2n) is 7.60. The Labute approximate surface area is 142 Å². The van der Waals surface area contributed by atoms with Gasteiger partial charge in [0.2, 0.25) is 0 Å². The third kappa shape index (κ3) is 2.90. The first-order valence-electron chi connectivity index (χ1n) is 9.26. The van der Waals surface area contributed by atoms with E-state index in [9.17, 15) is 4.79 Å². The van der Waals surface area contributed by atoms with Crippen molar-refractivity contribution in [2.45, 2.75) is 82.6 Å². The minimum absolute atomic E-state index is 0.00161. The molecule has 0 radical (unpaired) electrons. The second kappa shape index (κ2) is 6.35. The van der Waals surface area contributed by atoms with Gasteiger partial charge in [0, 0.05) is 12.5 Å². The Morgan fingerprint density at radius 2 is 2.21 bits per heavy atom. The fourth-order valence-electron chi connectivity index (χ4n) is 4.19. The number of nitrogens with one attached hydrogen (secondary N) is 2. The van der Waals surface area contributed by atoms with E-state index in [4.69, 9.17) is 4.74 Å². The van der Waals surface area contributed by atoms with Crippen molar-refractivity contribution in [3.8, 4) is 0 Å². The molecule has 0 spiro atoms. The molecule has 2 bridgehead atoms. The lowest BCUT2D eigenvalue weighted by Crippen LogP contribution is -2.50. The monoisotopic (exact) mass is 333 g/mol. The molecule has 1 aromatic heterocycles. The number of urea groups is 1. The number of hydrogen-bond acceptors (Lipinski definition) is 4. The van der Waals surface area contributed by atoms with Gasteiger partial charge in [-0.3, -0.25) is 5.10 Å². The summed E-state index contributed by atoms with van der Waals surface area (Å²) in [5.74, 6) is 1.92. The van der Waals surface area contributed by atoms with E-state index >= 15 is 0 Å². The Kier molecular flexibility index (Phi) is 4.20. The van der Waals surface area contributed by atoms with Gasteiger partial charge in [-0.15, -0.1) is 0 Å². The van der Waals surface area contributed by atoms with Crippen LogP contribution in [0.25, 0.3) is 0 Å². The fourth-order valence-corrected chi connectivity index (χ4v) is 4.19. The van der Waals surface area contributed by atoms with Crippen molar-refractivity contribution in [1.82, 2.24) is 25.4 Å². The van der Waals surface area contributed by atoms with Crippen molar-refractivity contribution in [3.05, 3.63) is 11.6 Å². The Morgan fingerprint density at radius 3 is 2.88 bits per heavy atom. The summed E-state index contributed by atoms with van der Waals surface area (Å²) in [7, 11) is 0. The molecule has 4 atom stereocenters. The van der Waals surface area contributed by atoms with Crippen molar-refractivity contribution in [3.63, 3.8) is 0 Å². The lowest BCUT2D eigenvalue weighted by Gasteiger charge is -2.35. The number of ether oxygens (including phenoxy) is 1. The summed E-state index contributed by atoms with van der Waals surface area (Å²) in [5, 5.41) is 10.6. The average Bonchev–Trinajstić information content (AvgIpc) is 3.31. The van der Waals surface area contributed by atoms with Gasteiger partial charge in [0.15, 0.2) is 5.82 Å². The maximum absolute atomic E-state index is 12.9. The lowest BCUT2D eigenvalue weighted by atomic mass is 9.95. The lowest BCUT2D eigenvalue weighted by molar-refractivity contribution is 0.0949. The van der Waals surface area contributed by atoms with Crippen molar-refractivity contribution in [1.29, 1.82) is 0 Å². The molecule has 1 aromatic rings. The molecule has 0 aromatic carbocycles. The third-order valence-electron chi connectivity index (χ3n) is 5.53. The van der Waals surface area contributed by atoms with E-state index in [1.807, 2.05) is 4.90 Å². The number of carbonyl (C=O) groups is 1. The van der Waals surface area contributed by atoms with Crippen LogP contribution in [0.1, 0.15) is 76.0 Å². The predicted molar refractivity (Wildman–Crippen MR) is 88.6 cm³/mol.